The molecule has 0 unspecified atom stereocenters. The molecule has 0 atom stereocenters. The molecular weight excluding hydrogens is 336 g/mol. The fourth-order valence-corrected chi connectivity index (χ4v) is 2.18. The zero-order chi connectivity index (χ0) is 18.1. The van der Waals surface area contributed by atoms with Gasteiger partial charge in [-0.25, -0.2) is 0 Å². The number of nitrogens with zero attached hydrogens (tertiary/aromatic N) is 1. The van der Waals surface area contributed by atoms with Crippen molar-refractivity contribution >= 4 is 22.8 Å². The molecule has 0 bridgehead atoms. The second kappa shape index (κ2) is 10.1. The molecule has 1 heterocycles. The van der Waals surface area contributed by atoms with Crippen LogP contribution in [0.5, 0.6) is 5.75 Å². The average Bonchev–Trinajstić information content (AvgIpc) is 2.53. The van der Waals surface area contributed by atoms with Crippen LogP contribution in [0.2, 0.25) is 0 Å². The third kappa shape index (κ3) is 5.65. The van der Waals surface area contributed by atoms with Crippen LogP contribution >= 0.6 is 11.6 Å². The van der Waals surface area contributed by atoms with E-state index < -0.39 is 10.8 Å². The molecule has 0 spiro atoms. The molecule has 1 aromatic heterocycles. The lowest BCUT2D eigenvalue weighted by molar-refractivity contribution is -0.121. The first kappa shape index (κ1) is 20.2. The lowest BCUT2D eigenvalue weighted by atomic mass is 10.2. The van der Waals surface area contributed by atoms with Crippen LogP contribution in [0, 0.1) is 6.92 Å². The van der Waals surface area contributed by atoms with Gasteiger partial charge in [0.25, 0.3) is 10.8 Å². The van der Waals surface area contributed by atoms with Crippen molar-refractivity contribution in [2.45, 2.75) is 33.2 Å². The first-order valence-corrected chi connectivity index (χ1v) is 8.12. The summed E-state index contributed by atoms with van der Waals surface area (Å²) in [6, 6.07) is 1.46. The Hall–Kier alpha value is -1.86. The molecule has 1 aromatic rings. The SMILES string of the molecule is CCCCOc1c(C(=O)Cl)cc(C)n(CC(=O)NCCOC)c1=O. The Bertz CT molecular complexity index is 642. The van der Waals surface area contributed by atoms with E-state index in [-0.39, 0.29) is 23.8 Å². The Morgan fingerprint density at radius 2 is 2.04 bits per heavy atom. The average molecular weight is 359 g/mol. The maximum absolute atomic E-state index is 12.6. The number of unbranched alkanes of at least 4 members (excludes halogenated alkanes) is 1. The Morgan fingerprint density at radius 1 is 1.33 bits per heavy atom. The van der Waals surface area contributed by atoms with Crippen molar-refractivity contribution in [3.05, 3.63) is 27.7 Å². The molecule has 0 aromatic carbocycles. The predicted molar refractivity (Wildman–Crippen MR) is 90.9 cm³/mol. The Balaban J connectivity index is 3.08. The minimum atomic E-state index is -0.765. The fourth-order valence-electron chi connectivity index (χ4n) is 2.04. The van der Waals surface area contributed by atoms with Gasteiger partial charge in [-0.3, -0.25) is 14.4 Å². The van der Waals surface area contributed by atoms with Gasteiger partial charge in [-0.2, -0.15) is 0 Å². The molecule has 0 aliphatic rings. The third-order valence-electron chi connectivity index (χ3n) is 3.35. The summed E-state index contributed by atoms with van der Waals surface area (Å²) in [6.45, 7) is 4.46. The summed E-state index contributed by atoms with van der Waals surface area (Å²) < 4.78 is 11.6. The summed E-state index contributed by atoms with van der Waals surface area (Å²) in [5, 5.41) is 1.87. The van der Waals surface area contributed by atoms with Gasteiger partial charge in [0.1, 0.15) is 6.54 Å². The van der Waals surface area contributed by atoms with Crippen LogP contribution in [0.15, 0.2) is 10.9 Å². The number of hydrogen-bond donors (Lipinski definition) is 1. The molecule has 0 radical (unpaired) electrons. The second-order valence-electron chi connectivity index (χ2n) is 5.24. The monoisotopic (exact) mass is 358 g/mol. The van der Waals surface area contributed by atoms with E-state index in [1.165, 1.54) is 17.7 Å². The van der Waals surface area contributed by atoms with Gasteiger partial charge >= 0.3 is 0 Å². The maximum Gasteiger partial charge on any atom is 0.294 e. The number of ether oxygens (including phenoxy) is 2. The third-order valence-corrected chi connectivity index (χ3v) is 3.55. The molecule has 24 heavy (non-hydrogen) atoms. The van der Waals surface area contributed by atoms with Crippen LogP contribution < -0.4 is 15.6 Å². The number of aryl methyl sites for hydroxylation is 1. The summed E-state index contributed by atoms with van der Waals surface area (Å²) in [5.74, 6) is -0.444. The zero-order valence-corrected chi connectivity index (χ0v) is 14.9. The number of carbonyl (C=O) groups excluding carboxylic acids is 2. The molecule has 7 nitrogen and oxygen atoms in total. The lowest BCUT2D eigenvalue weighted by Crippen LogP contribution is -2.35. The number of pyridine rings is 1. The normalized spacial score (nSPS) is 10.5. The highest BCUT2D eigenvalue weighted by molar-refractivity contribution is 6.68. The van der Waals surface area contributed by atoms with E-state index in [9.17, 15) is 14.4 Å². The molecule has 0 saturated heterocycles. The number of carbonyl (C=O) groups is 2. The molecule has 0 fully saturated rings. The molecule has 1 amide bonds. The lowest BCUT2D eigenvalue weighted by Gasteiger charge is -2.15. The van der Waals surface area contributed by atoms with Gasteiger partial charge in [-0.15, -0.1) is 0 Å². The topological polar surface area (TPSA) is 86.6 Å². The first-order chi connectivity index (χ1) is 11.4. The van der Waals surface area contributed by atoms with E-state index >= 15 is 0 Å². The van der Waals surface area contributed by atoms with Crippen LogP contribution in [-0.2, 0) is 16.1 Å². The van der Waals surface area contributed by atoms with Crippen molar-refractivity contribution in [3.63, 3.8) is 0 Å². The van der Waals surface area contributed by atoms with Crippen LogP contribution in [0.3, 0.4) is 0 Å². The summed E-state index contributed by atoms with van der Waals surface area (Å²) in [5.41, 5.74) is -0.0722. The highest BCUT2D eigenvalue weighted by atomic mass is 35.5. The van der Waals surface area contributed by atoms with Crippen molar-refractivity contribution in [2.24, 2.45) is 0 Å². The van der Waals surface area contributed by atoms with E-state index in [0.717, 1.165) is 12.8 Å². The Morgan fingerprint density at radius 3 is 2.62 bits per heavy atom. The second-order valence-corrected chi connectivity index (χ2v) is 5.58. The van der Waals surface area contributed by atoms with Gasteiger partial charge in [-0.1, -0.05) is 13.3 Å². The van der Waals surface area contributed by atoms with Crippen LogP contribution in [0.25, 0.3) is 0 Å². The molecule has 0 aliphatic heterocycles. The predicted octanol–water partition coefficient (Wildman–Crippen LogP) is 1.48. The van der Waals surface area contributed by atoms with Gasteiger partial charge in [0.15, 0.2) is 5.75 Å². The van der Waals surface area contributed by atoms with E-state index in [4.69, 9.17) is 21.1 Å². The van der Waals surface area contributed by atoms with E-state index in [1.54, 1.807) is 6.92 Å². The number of amides is 1. The van der Waals surface area contributed by atoms with Gasteiger partial charge in [0.05, 0.1) is 18.8 Å². The van der Waals surface area contributed by atoms with Gasteiger partial charge < -0.3 is 19.4 Å². The number of aromatic nitrogens is 1. The largest absolute Gasteiger partial charge is 0.487 e. The Labute approximate surface area is 145 Å². The van der Waals surface area contributed by atoms with Crippen LogP contribution in [0.1, 0.15) is 35.8 Å². The fraction of sp³-hybridized carbons (Fsp3) is 0.562. The smallest absolute Gasteiger partial charge is 0.294 e. The van der Waals surface area contributed by atoms with Crippen molar-refractivity contribution in [1.82, 2.24) is 9.88 Å². The number of nitrogens with one attached hydrogen (secondary N) is 1. The standard InChI is InChI=1S/C16H23ClN2O5/c1-4-5-7-24-14-12(15(17)21)9-11(2)19(16(14)22)10-13(20)18-6-8-23-3/h9H,4-8,10H2,1-3H3,(H,18,20). The summed E-state index contributed by atoms with van der Waals surface area (Å²) in [4.78, 5) is 36.1. The molecule has 8 heteroatoms. The van der Waals surface area contributed by atoms with Crippen molar-refractivity contribution < 1.29 is 19.1 Å². The van der Waals surface area contributed by atoms with E-state index in [1.807, 2.05) is 6.92 Å². The van der Waals surface area contributed by atoms with Crippen molar-refractivity contribution in [3.8, 4) is 5.75 Å². The molecule has 1 rings (SSSR count). The minimum absolute atomic E-state index is 0.0197. The number of methoxy groups -OCH3 is 1. The summed E-state index contributed by atoms with van der Waals surface area (Å²) in [7, 11) is 1.53. The minimum Gasteiger partial charge on any atom is -0.487 e. The molecule has 134 valence electrons. The van der Waals surface area contributed by atoms with Crippen molar-refractivity contribution in [1.29, 1.82) is 0 Å². The van der Waals surface area contributed by atoms with Gasteiger partial charge in [-0.05, 0) is 31.0 Å². The maximum atomic E-state index is 12.6. The summed E-state index contributed by atoms with van der Waals surface area (Å²) in [6.07, 6.45) is 1.62. The van der Waals surface area contributed by atoms with E-state index in [2.05, 4.69) is 5.32 Å². The van der Waals surface area contributed by atoms with Crippen LogP contribution in [-0.4, -0.2) is 42.6 Å². The number of rotatable bonds is 10. The van der Waals surface area contributed by atoms with Gasteiger partial charge in [0.2, 0.25) is 5.91 Å². The quantitative estimate of drug-likeness (QED) is 0.505. The van der Waals surface area contributed by atoms with Gasteiger partial charge in [0, 0.05) is 19.3 Å². The molecule has 1 N–H and O–H groups in total. The summed E-state index contributed by atoms with van der Waals surface area (Å²) >= 11 is 5.55. The Kier molecular flexibility index (Phi) is 8.49. The molecule has 0 saturated carbocycles. The zero-order valence-electron chi connectivity index (χ0n) is 14.2. The van der Waals surface area contributed by atoms with Crippen molar-refractivity contribution in [2.75, 3.05) is 26.9 Å². The molecule has 0 aliphatic carbocycles. The highest BCUT2D eigenvalue weighted by Crippen LogP contribution is 2.18. The van der Waals surface area contributed by atoms with Crippen LogP contribution in [0.4, 0.5) is 0 Å². The number of hydrogen-bond acceptors (Lipinski definition) is 5. The first-order valence-electron chi connectivity index (χ1n) is 7.75. The molecular formula is C16H23ClN2O5. The van der Waals surface area contributed by atoms with E-state index in [0.29, 0.717) is 25.5 Å². The number of halogens is 1. The highest BCUT2D eigenvalue weighted by Gasteiger charge is 2.19.